The largest absolute Gasteiger partial charge is 0.369 e. The first-order chi connectivity index (χ1) is 9.65. The molecule has 1 fully saturated rings. The van der Waals surface area contributed by atoms with Gasteiger partial charge in [-0.05, 0) is 38.0 Å². The first-order valence-electron chi connectivity index (χ1n) is 6.96. The van der Waals surface area contributed by atoms with Crippen molar-refractivity contribution in [3.63, 3.8) is 0 Å². The summed E-state index contributed by atoms with van der Waals surface area (Å²) in [5.74, 6) is -0.247. The van der Waals surface area contributed by atoms with E-state index in [9.17, 15) is 4.39 Å². The third-order valence-electron chi connectivity index (χ3n) is 3.92. The summed E-state index contributed by atoms with van der Waals surface area (Å²) >= 11 is 0. The van der Waals surface area contributed by atoms with E-state index in [4.69, 9.17) is 5.73 Å². The summed E-state index contributed by atoms with van der Waals surface area (Å²) in [6.07, 6.45) is 3.87. The minimum absolute atomic E-state index is 0.247. The lowest BCUT2D eigenvalue weighted by Crippen LogP contribution is -2.39. The van der Waals surface area contributed by atoms with Crippen LogP contribution in [-0.4, -0.2) is 28.9 Å². The highest BCUT2D eigenvalue weighted by Crippen LogP contribution is 2.25. The molecule has 0 saturated carbocycles. The Morgan fingerprint density at radius 2 is 2.05 bits per heavy atom. The van der Waals surface area contributed by atoms with Gasteiger partial charge in [-0.1, -0.05) is 6.07 Å². The molecule has 1 aromatic carbocycles. The van der Waals surface area contributed by atoms with E-state index in [0.29, 0.717) is 6.04 Å². The van der Waals surface area contributed by atoms with E-state index >= 15 is 0 Å². The molecule has 0 amide bonds. The van der Waals surface area contributed by atoms with Gasteiger partial charge in [0, 0.05) is 19.1 Å². The SMILES string of the molecule is Cc1c(N2CCC(N)CC2)cnn1-c1cccc(F)c1. The Bertz CT molecular complexity index is 600. The van der Waals surface area contributed by atoms with Crippen molar-refractivity contribution in [3.05, 3.63) is 42.0 Å². The molecular weight excluding hydrogens is 255 g/mol. The molecule has 1 aromatic heterocycles. The number of aromatic nitrogens is 2. The van der Waals surface area contributed by atoms with Gasteiger partial charge in [0.05, 0.1) is 23.3 Å². The highest BCUT2D eigenvalue weighted by Gasteiger charge is 2.20. The molecule has 1 aliphatic rings. The van der Waals surface area contributed by atoms with Crippen LogP contribution in [0, 0.1) is 12.7 Å². The molecule has 20 heavy (non-hydrogen) atoms. The summed E-state index contributed by atoms with van der Waals surface area (Å²) in [7, 11) is 0. The lowest BCUT2D eigenvalue weighted by Gasteiger charge is -2.31. The van der Waals surface area contributed by atoms with E-state index in [0.717, 1.165) is 43.0 Å². The number of nitrogens with two attached hydrogens (primary N) is 1. The number of anilines is 1. The van der Waals surface area contributed by atoms with Crippen LogP contribution < -0.4 is 10.6 Å². The normalized spacial score (nSPS) is 16.6. The van der Waals surface area contributed by atoms with E-state index in [2.05, 4.69) is 10.00 Å². The van der Waals surface area contributed by atoms with Gasteiger partial charge < -0.3 is 10.6 Å². The topological polar surface area (TPSA) is 47.1 Å². The molecule has 0 unspecified atom stereocenters. The molecule has 0 spiro atoms. The minimum Gasteiger partial charge on any atom is -0.369 e. The molecule has 0 atom stereocenters. The predicted octanol–water partition coefficient (Wildman–Crippen LogP) is 2.25. The number of nitrogens with zero attached hydrogens (tertiary/aromatic N) is 3. The quantitative estimate of drug-likeness (QED) is 0.913. The van der Waals surface area contributed by atoms with Gasteiger partial charge in [-0.15, -0.1) is 0 Å². The average Bonchev–Trinajstić information content (AvgIpc) is 2.82. The van der Waals surface area contributed by atoms with Gasteiger partial charge >= 0.3 is 0 Å². The maximum absolute atomic E-state index is 13.3. The summed E-state index contributed by atoms with van der Waals surface area (Å²) in [6.45, 7) is 3.93. The number of benzene rings is 1. The summed E-state index contributed by atoms with van der Waals surface area (Å²) in [4.78, 5) is 2.31. The molecule has 106 valence electrons. The summed E-state index contributed by atoms with van der Waals surface area (Å²) in [5.41, 5.74) is 8.83. The van der Waals surface area contributed by atoms with Gasteiger partial charge in [0.2, 0.25) is 0 Å². The zero-order valence-electron chi connectivity index (χ0n) is 11.6. The molecule has 1 saturated heterocycles. The van der Waals surface area contributed by atoms with Crippen molar-refractivity contribution in [1.29, 1.82) is 0 Å². The molecule has 4 nitrogen and oxygen atoms in total. The van der Waals surface area contributed by atoms with E-state index in [-0.39, 0.29) is 5.82 Å². The summed E-state index contributed by atoms with van der Waals surface area (Å²) in [6, 6.07) is 6.81. The van der Waals surface area contributed by atoms with Crippen LogP contribution in [0.2, 0.25) is 0 Å². The van der Waals surface area contributed by atoms with Gasteiger partial charge in [0.25, 0.3) is 0 Å². The molecule has 2 N–H and O–H groups in total. The van der Waals surface area contributed by atoms with Crippen molar-refractivity contribution >= 4 is 5.69 Å². The van der Waals surface area contributed by atoms with Crippen LogP contribution in [0.4, 0.5) is 10.1 Å². The minimum atomic E-state index is -0.247. The molecule has 2 heterocycles. The van der Waals surface area contributed by atoms with Crippen LogP contribution in [0.3, 0.4) is 0 Å². The van der Waals surface area contributed by atoms with Crippen LogP contribution in [0.5, 0.6) is 0 Å². The maximum Gasteiger partial charge on any atom is 0.125 e. The van der Waals surface area contributed by atoms with Crippen LogP contribution >= 0.6 is 0 Å². The molecule has 0 aliphatic carbocycles. The van der Waals surface area contributed by atoms with E-state index in [1.807, 2.05) is 19.2 Å². The van der Waals surface area contributed by atoms with Crippen molar-refractivity contribution in [1.82, 2.24) is 9.78 Å². The van der Waals surface area contributed by atoms with E-state index < -0.39 is 0 Å². The Labute approximate surface area is 118 Å². The second kappa shape index (κ2) is 5.25. The fraction of sp³-hybridized carbons (Fsp3) is 0.400. The Kier molecular flexibility index (Phi) is 3.44. The third kappa shape index (κ3) is 2.41. The number of hydrogen-bond donors (Lipinski definition) is 1. The van der Waals surface area contributed by atoms with Crippen LogP contribution in [0.15, 0.2) is 30.5 Å². The molecule has 3 rings (SSSR count). The summed E-state index contributed by atoms with van der Waals surface area (Å²) < 4.78 is 15.1. The number of halogens is 1. The van der Waals surface area contributed by atoms with E-state index in [1.165, 1.54) is 12.1 Å². The highest BCUT2D eigenvalue weighted by molar-refractivity contribution is 5.52. The fourth-order valence-electron chi connectivity index (χ4n) is 2.72. The highest BCUT2D eigenvalue weighted by atomic mass is 19.1. The molecule has 5 heteroatoms. The number of piperidine rings is 1. The number of rotatable bonds is 2. The van der Waals surface area contributed by atoms with Gasteiger partial charge in [-0.2, -0.15) is 5.10 Å². The van der Waals surface area contributed by atoms with Crippen molar-refractivity contribution in [2.45, 2.75) is 25.8 Å². The molecule has 1 aliphatic heterocycles. The second-order valence-electron chi connectivity index (χ2n) is 5.33. The zero-order chi connectivity index (χ0) is 14.1. The molecular formula is C15H19FN4. The summed E-state index contributed by atoms with van der Waals surface area (Å²) in [5, 5.41) is 4.40. The van der Waals surface area contributed by atoms with Crippen molar-refractivity contribution in [3.8, 4) is 5.69 Å². The van der Waals surface area contributed by atoms with Crippen LogP contribution in [0.25, 0.3) is 5.69 Å². The first-order valence-corrected chi connectivity index (χ1v) is 6.96. The van der Waals surface area contributed by atoms with Crippen molar-refractivity contribution in [2.24, 2.45) is 5.73 Å². The Hall–Kier alpha value is -1.88. The van der Waals surface area contributed by atoms with Crippen LogP contribution in [0.1, 0.15) is 18.5 Å². The van der Waals surface area contributed by atoms with Crippen molar-refractivity contribution < 1.29 is 4.39 Å². The van der Waals surface area contributed by atoms with Crippen molar-refractivity contribution in [2.75, 3.05) is 18.0 Å². The third-order valence-corrected chi connectivity index (χ3v) is 3.92. The monoisotopic (exact) mass is 274 g/mol. The molecule has 0 bridgehead atoms. The lowest BCUT2D eigenvalue weighted by atomic mass is 10.1. The smallest absolute Gasteiger partial charge is 0.125 e. The van der Waals surface area contributed by atoms with E-state index in [1.54, 1.807) is 10.7 Å². The Balaban J connectivity index is 1.89. The fourth-order valence-corrected chi connectivity index (χ4v) is 2.72. The second-order valence-corrected chi connectivity index (χ2v) is 5.33. The predicted molar refractivity (Wildman–Crippen MR) is 77.7 cm³/mol. The first kappa shape index (κ1) is 13.1. The average molecular weight is 274 g/mol. The lowest BCUT2D eigenvalue weighted by molar-refractivity contribution is 0.501. The Morgan fingerprint density at radius 3 is 2.75 bits per heavy atom. The molecule has 2 aromatic rings. The molecule has 0 radical (unpaired) electrons. The maximum atomic E-state index is 13.3. The standard InChI is InChI=1S/C15H19FN4/c1-11-15(19-7-5-13(17)6-8-19)10-18-20(11)14-4-2-3-12(16)9-14/h2-4,9-10,13H,5-8,17H2,1H3. The van der Waals surface area contributed by atoms with Crippen LogP contribution in [-0.2, 0) is 0 Å². The Morgan fingerprint density at radius 1 is 1.30 bits per heavy atom. The van der Waals surface area contributed by atoms with Gasteiger partial charge in [-0.25, -0.2) is 9.07 Å². The van der Waals surface area contributed by atoms with Gasteiger partial charge in [-0.3, -0.25) is 0 Å². The zero-order valence-corrected chi connectivity index (χ0v) is 11.6. The van der Waals surface area contributed by atoms with Gasteiger partial charge in [0.15, 0.2) is 0 Å². The number of hydrogen-bond acceptors (Lipinski definition) is 3. The van der Waals surface area contributed by atoms with Gasteiger partial charge in [0.1, 0.15) is 5.82 Å².